The second-order valence-electron chi connectivity index (χ2n) is 8.56. The third-order valence-corrected chi connectivity index (χ3v) is 8.69. The molecule has 0 fully saturated rings. The Balaban J connectivity index is 1.93. The quantitative estimate of drug-likeness (QED) is 0.105. The molecule has 0 bridgehead atoms. The summed E-state index contributed by atoms with van der Waals surface area (Å²) in [6.45, 7) is 6.33. The fourth-order valence-electron chi connectivity index (χ4n) is 4.66. The van der Waals surface area contributed by atoms with E-state index in [0.29, 0.717) is 19.4 Å². The van der Waals surface area contributed by atoms with Crippen molar-refractivity contribution in [2.75, 3.05) is 26.4 Å². The summed E-state index contributed by atoms with van der Waals surface area (Å²) in [5.74, 6) is -0.548. The molecule has 0 amide bonds. The summed E-state index contributed by atoms with van der Waals surface area (Å²) in [6, 6.07) is 30.9. The second kappa shape index (κ2) is 14.3. The van der Waals surface area contributed by atoms with Crippen molar-refractivity contribution in [3.05, 3.63) is 108 Å². The van der Waals surface area contributed by atoms with E-state index in [9.17, 15) is 9.36 Å². The van der Waals surface area contributed by atoms with Crippen LogP contribution in [0.4, 0.5) is 0 Å². The van der Waals surface area contributed by atoms with Crippen molar-refractivity contribution >= 4 is 13.6 Å². The number of carbonyl (C=O) groups is 1. The minimum absolute atomic E-state index is 0.185. The highest BCUT2D eigenvalue weighted by atomic mass is 31.2. The third kappa shape index (κ3) is 6.97. The van der Waals surface area contributed by atoms with Gasteiger partial charge in [0.1, 0.15) is 0 Å². The predicted octanol–water partition coefficient (Wildman–Crippen LogP) is 6.55. The Hall–Kier alpha value is -2.76. The lowest BCUT2D eigenvalue weighted by atomic mass is 9.77. The van der Waals surface area contributed by atoms with Gasteiger partial charge in [-0.3, -0.25) is 14.7 Å². The molecule has 1 unspecified atom stereocenters. The van der Waals surface area contributed by atoms with E-state index in [1.54, 1.807) is 20.8 Å². The summed E-state index contributed by atoms with van der Waals surface area (Å²) in [5.41, 5.74) is 1.71. The molecule has 0 saturated carbocycles. The van der Waals surface area contributed by atoms with Crippen molar-refractivity contribution in [1.29, 1.82) is 0 Å². The summed E-state index contributed by atoms with van der Waals surface area (Å²) < 4.78 is 29.8. The smallest absolute Gasteiger partial charge is 0.344 e. The van der Waals surface area contributed by atoms with Crippen molar-refractivity contribution in [1.82, 2.24) is 5.32 Å². The fourth-order valence-corrected chi connectivity index (χ4v) is 6.65. The van der Waals surface area contributed by atoms with E-state index in [4.69, 9.17) is 13.8 Å². The van der Waals surface area contributed by atoms with Crippen LogP contribution in [-0.4, -0.2) is 38.0 Å². The number of benzene rings is 3. The van der Waals surface area contributed by atoms with E-state index in [-0.39, 0.29) is 19.8 Å². The van der Waals surface area contributed by atoms with Crippen LogP contribution in [0.15, 0.2) is 91.0 Å². The zero-order valence-electron chi connectivity index (χ0n) is 22.0. The molecule has 1 atom stereocenters. The molecule has 0 aliphatic rings. The standard InChI is InChI=1S/C30H38NO5P/c1-4-34-29(32)28(37(33,35-5-2)36-6-3)23-16-24-31-30(25-17-10-7-11-18-25,26-19-12-8-13-20-26)27-21-14-9-15-22-27/h7-15,17-22,28,31H,4-6,16,23-24H2,1-3H3. The summed E-state index contributed by atoms with van der Waals surface area (Å²) in [6.07, 6.45) is 0.861. The number of esters is 1. The van der Waals surface area contributed by atoms with Gasteiger partial charge in [-0.05, 0) is 56.8 Å². The summed E-state index contributed by atoms with van der Waals surface area (Å²) in [4.78, 5) is 12.8. The van der Waals surface area contributed by atoms with Crippen molar-refractivity contribution in [2.45, 2.75) is 44.8 Å². The molecule has 198 valence electrons. The molecule has 0 aliphatic carbocycles. The van der Waals surface area contributed by atoms with Crippen molar-refractivity contribution in [2.24, 2.45) is 0 Å². The molecular weight excluding hydrogens is 485 g/mol. The first-order valence-electron chi connectivity index (χ1n) is 13.0. The number of hydrogen-bond acceptors (Lipinski definition) is 6. The average Bonchev–Trinajstić information content (AvgIpc) is 2.93. The molecule has 0 heterocycles. The lowest BCUT2D eigenvalue weighted by Gasteiger charge is -2.37. The molecule has 37 heavy (non-hydrogen) atoms. The lowest BCUT2D eigenvalue weighted by Crippen LogP contribution is -2.45. The van der Waals surface area contributed by atoms with Gasteiger partial charge in [0.15, 0.2) is 5.66 Å². The van der Waals surface area contributed by atoms with E-state index in [1.807, 2.05) is 54.6 Å². The predicted molar refractivity (Wildman–Crippen MR) is 148 cm³/mol. The molecule has 0 aromatic heterocycles. The topological polar surface area (TPSA) is 73.9 Å². The van der Waals surface area contributed by atoms with Crippen LogP contribution in [0, 0.1) is 0 Å². The Morgan fingerprint density at radius 2 is 1.19 bits per heavy atom. The first-order valence-corrected chi connectivity index (χ1v) is 14.6. The molecule has 3 rings (SSSR count). The van der Waals surface area contributed by atoms with E-state index in [1.165, 1.54) is 0 Å². The van der Waals surface area contributed by atoms with Gasteiger partial charge >= 0.3 is 13.6 Å². The fraction of sp³-hybridized carbons (Fsp3) is 0.367. The van der Waals surface area contributed by atoms with Crippen LogP contribution in [0.2, 0.25) is 0 Å². The van der Waals surface area contributed by atoms with Crippen LogP contribution in [0.1, 0.15) is 50.3 Å². The molecule has 1 N–H and O–H groups in total. The lowest BCUT2D eigenvalue weighted by molar-refractivity contribution is -0.143. The highest BCUT2D eigenvalue weighted by molar-refractivity contribution is 7.55. The first-order chi connectivity index (χ1) is 18.0. The normalized spacial score (nSPS) is 12.7. The Morgan fingerprint density at radius 3 is 1.57 bits per heavy atom. The molecule has 6 nitrogen and oxygen atoms in total. The second-order valence-corrected chi connectivity index (χ2v) is 10.8. The maximum Gasteiger partial charge on any atom is 0.344 e. The number of ether oxygens (including phenoxy) is 1. The summed E-state index contributed by atoms with van der Waals surface area (Å²) >= 11 is 0. The van der Waals surface area contributed by atoms with Gasteiger partial charge in [-0.15, -0.1) is 0 Å². The van der Waals surface area contributed by atoms with Crippen LogP contribution >= 0.6 is 7.60 Å². The number of rotatable bonds is 15. The van der Waals surface area contributed by atoms with Crippen molar-refractivity contribution in [3.8, 4) is 0 Å². The van der Waals surface area contributed by atoms with Crippen molar-refractivity contribution < 1.29 is 23.1 Å². The zero-order chi connectivity index (χ0) is 26.6. The van der Waals surface area contributed by atoms with E-state index < -0.39 is 24.8 Å². The van der Waals surface area contributed by atoms with Gasteiger partial charge in [-0.25, -0.2) is 0 Å². The van der Waals surface area contributed by atoms with E-state index in [0.717, 1.165) is 16.7 Å². The average molecular weight is 524 g/mol. The minimum atomic E-state index is -3.67. The van der Waals surface area contributed by atoms with Gasteiger partial charge in [-0.1, -0.05) is 91.0 Å². The monoisotopic (exact) mass is 523 g/mol. The maximum absolute atomic E-state index is 13.5. The van der Waals surface area contributed by atoms with Gasteiger partial charge in [0, 0.05) is 0 Å². The number of carbonyl (C=O) groups excluding carboxylic acids is 1. The summed E-state index contributed by atoms with van der Waals surface area (Å²) in [5, 5.41) is 3.80. The number of hydrogen-bond donors (Lipinski definition) is 1. The highest BCUT2D eigenvalue weighted by Crippen LogP contribution is 2.55. The zero-order valence-corrected chi connectivity index (χ0v) is 22.9. The summed E-state index contributed by atoms with van der Waals surface area (Å²) in [7, 11) is -3.67. The minimum Gasteiger partial charge on any atom is -0.465 e. The molecule has 3 aromatic carbocycles. The van der Waals surface area contributed by atoms with Crippen LogP contribution in [0.3, 0.4) is 0 Å². The Labute approximate surface area is 220 Å². The largest absolute Gasteiger partial charge is 0.465 e. The maximum atomic E-state index is 13.5. The van der Waals surface area contributed by atoms with E-state index >= 15 is 0 Å². The Kier molecular flexibility index (Phi) is 11.1. The van der Waals surface area contributed by atoms with Crippen LogP contribution in [-0.2, 0) is 28.7 Å². The third-order valence-electron chi connectivity index (χ3n) is 6.22. The molecule has 7 heteroatoms. The highest BCUT2D eigenvalue weighted by Gasteiger charge is 2.42. The Morgan fingerprint density at radius 1 is 0.757 bits per heavy atom. The van der Waals surface area contributed by atoms with Gasteiger partial charge in [-0.2, -0.15) is 0 Å². The first kappa shape index (κ1) is 28.8. The van der Waals surface area contributed by atoms with Gasteiger partial charge in [0.2, 0.25) is 0 Å². The van der Waals surface area contributed by atoms with Crippen LogP contribution < -0.4 is 5.32 Å². The van der Waals surface area contributed by atoms with Gasteiger partial charge < -0.3 is 13.8 Å². The van der Waals surface area contributed by atoms with Crippen LogP contribution in [0.25, 0.3) is 0 Å². The number of nitrogens with one attached hydrogen (secondary N) is 1. The Bertz CT molecular complexity index is 1020. The molecule has 0 spiro atoms. The molecular formula is C30H38NO5P. The molecule has 3 aromatic rings. The SMILES string of the molecule is CCOC(=O)C(CCCNC(c1ccccc1)(c1ccccc1)c1ccccc1)P(=O)(OCC)OCC. The van der Waals surface area contributed by atoms with Crippen LogP contribution in [0.5, 0.6) is 0 Å². The molecule has 0 saturated heterocycles. The van der Waals surface area contributed by atoms with Gasteiger partial charge in [0.05, 0.1) is 25.4 Å². The molecule has 0 radical (unpaired) electrons. The van der Waals surface area contributed by atoms with Gasteiger partial charge in [0.25, 0.3) is 0 Å². The van der Waals surface area contributed by atoms with Crippen molar-refractivity contribution in [3.63, 3.8) is 0 Å². The molecule has 0 aliphatic heterocycles. The van der Waals surface area contributed by atoms with E-state index in [2.05, 4.69) is 41.7 Å².